The Morgan fingerprint density at radius 3 is 2.20 bits per heavy atom. The minimum Gasteiger partial charge on any atom is -0.352 e. The van der Waals surface area contributed by atoms with E-state index in [0.717, 1.165) is 25.7 Å². The molecule has 1 aliphatic heterocycles. The fourth-order valence-corrected chi connectivity index (χ4v) is 5.53. The SMILES string of the molecule is O=C(CN1CCN(C(=O)c2cc(S(=O)(=O)NC3CC3)c(Cl)cc2Cl)CC1)NC1CC1. The Balaban J connectivity index is 1.41. The van der Waals surface area contributed by atoms with Crippen molar-refractivity contribution in [3.63, 3.8) is 0 Å². The third-order valence-corrected chi connectivity index (χ3v) is 7.71. The van der Waals surface area contributed by atoms with Crippen molar-refractivity contribution in [3.05, 3.63) is 27.7 Å². The Morgan fingerprint density at radius 2 is 1.60 bits per heavy atom. The second kappa shape index (κ2) is 8.63. The number of benzene rings is 1. The first-order valence-electron chi connectivity index (χ1n) is 10.1. The van der Waals surface area contributed by atoms with Gasteiger partial charge in [-0.3, -0.25) is 14.5 Å². The van der Waals surface area contributed by atoms with Crippen LogP contribution in [0, 0.1) is 0 Å². The summed E-state index contributed by atoms with van der Waals surface area (Å²) in [5.74, 6) is -0.336. The van der Waals surface area contributed by atoms with Gasteiger partial charge in [0.2, 0.25) is 15.9 Å². The van der Waals surface area contributed by atoms with E-state index in [1.54, 1.807) is 4.90 Å². The highest BCUT2D eigenvalue weighted by molar-refractivity contribution is 7.89. The number of carbonyl (C=O) groups is 2. The molecule has 0 spiro atoms. The molecular weight excluding hydrogens is 451 g/mol. The van der Waals surface area contributed by atoms with Gasteiger partial charge in [0.25, 0.3) is 5.91 Å². The average molecular weight is 475 g/mol. The first kappa shape index (κ1) is 21.8. The molecule has 0 aromatic heterocycles. The molecule has 0 bridgehead atoms. The molecule has 1 heterocycles. The molecule has 2 amide bonds. The summed E-state index contributed by atoms with van der Waals surface area (Å²) in [5.41, 5.74) is 0.108. The normalized spacial score (nSPS) is 20.3. The molecule has 8 nitrogen and oxygen atoms in total. The first-order chi connectivity index (χ1) is 14.2. The number of hydrogen-bond donors (Lipinski definition) is 2. The van der Waals surface area contributed by atoms with Crippen molar-refractivity contribution in [3.8, 4) is 0 Å². The van der Waals surface area contributed by atoms with Gasteiger partial charge >= 0.3 is 0 Å². The van der Waals surface area contributed by atoms with Crippen LogP contribution in [0.3, 0.4) is 0 Å². The molecule has 0 radical (unpaired) electrons. The molecular formula is C19H24Cl2N4O4S. The molecule has 0 unspecified atom stereocenters. The van der Waals surface area contributed by atoms with Gasteiger partial charge in [-0.2, -0.15) is 0 Å². The van der Waals surface area contributed by atoms with Crippen molar-refractivity contribution in [2.75, 3.05) is 32.7 Å². The maximum Gasteiger partial charge on any atom is 0.255 e. The van der Waals surface area contributed by atoms with Gasteiger partial charge in [0.15, 0.2) is 0 Å². The maximum atomic E-state index is 13.0. The van der Waals surface area contributed by atoms with Gasteiger partial charge in [-0.15, -0.1) is 0 Å². The standard InChI is InChI=1S/C19H24Cl2N4O4S/c20-15-10-16(21)17(30(28,29)23-13-3-4-13)9-14(15)19(27)25-7-5-24(6-8-25)11-18(26)22-12-1-2-12/h9-10,12-13,23H,1-8,11H2,(H,22,26). The largest absolute Gasteiger partial charge is 0.352 e. The summed E-state index contributed by atoms with van der Waals surface area (Å²) in [5, 5.41) is 3.05. The van der Waals surface area contributed by atoms with Crippen molar-refractivity contribution >= 4 is 45.0 Å². The Bertz CT molecular complexity index is 956. The number of carbonyl (C=O) groups excluding carboxylic acids is 2. The number of amides is 2. The smallest absolute Gasteiger partial charge is 0.255 e. The fourth-order valence-electron chi connectivity index (χ4n) is 3.37. The highest BCUT2D eigenvalue weighted by Gasteiger charge is 2.32. The molecule has 3 aliphatic rings. The summed E-state index contributed by atoms with van der Waals surface area (Å²) in [6.07, 6.45) is 3.67. The molecule has 3 fully saturated rings. The summed E-state index contributed by atoms with van der Waals surface area (Å²) < 4.78 is 27.7. The van der Waals surface area contributed by atoms with Crippen LogP contribution in [0.5, 0.6) is 0 Å². The Hall–Kier alpha value is -1.39. The Morgan fingerprint density at radius 1 is 0.967 bits per heavy atom. The monoisotopic (exact) mass is 474 g/mol. The van der Waals surface area contributed by atoms with E-state index in [1.165, 1.54) is 12.1 Å². The third-order valence-electron chi connectivity index (χ3n) is 5.41. The zero-order valence-electron chi connectivity index (χ0n) is 16.4. The molecule has 30 heavy (non-hydrogen) atoms. The van der Waals surface area contributed by atoms with Crippen LogP contribution in [-0.2, 0) is 14.8 Å². The van der Waals surface area contributed by atoms with E-state index in [-0.39, 0.29) is 38.4 Å². The number of nitrogens with zero attached hydrogens (tertiary/aromatic N) is 2. The summed E-state index contributed by atoms with van der Waals surface area (Å²) in [6.45, 7) is 2.29. The topological polar surface area (TPSA) is 98.8 Å². The predicted octanol–water partition coefficient (Wildman–Crippen LogP) is 1.47. The molecule has 2 aliphatic carbocycles. The van der Waals surface area contributed by atoms with Crippen molar-refractivity contribution in [2.24, 2.45) is 0 Å². The van der Waals surface area contributed by atoms with E-state index in [2.05, 4.69) is 10.0 Å². The van der Waals surface area contributed by atoms with Crippen molar-refractivity contribution in [1.82, 2.24) is 19.8 Å². The fraction of sp³-hybridized carbons (Fsp3) is 0.579. The highest BCUT2D eigenvalue weighted by Crippen LogP contribution is 2.31. The van der Waals surface area contributed by atoms with Crippen LogP contribution in [0.1, 0.15) is 36.0 Å². The quantitative estimate of drug-likeness (QED) is 0.623. The van der Waals surface area contributed by atoms with Gasteiger partial charge in [0, 0.05) is 38.3 Å². The number of rotatable bonds is 7. The van der Waals surface area contributed by atoms with Crippen LogP contribution in [0.15, 0.2) is 17.0 Å². The maximum absolute atomic E-state index is 13.0. The van der Waals surface area contributed by atoms with E-state index in [1.807, 2.05) is 4.90 Å². The number of sulfonamides is 1. The molecule has 2 N–H and O–H groups in total. The van der Waals surface area contributed by atoms with Crippen molar-refractivity contribution in [2.45, 2.75) is 42.7 Å². The number of hydrogen-bond acceptors (Lipinski definition) is 5. The van der Waals surface area contributed by atoms with Crippen LogP contribution < -0.4 is 10.0 Å². The van der Waals surface area contributed by atoms with E-state index in [4.69, 9.17) is 23.2 Å². The average Bonchev–Trinajstić information content (AvgIpc) is 3.59. The summed E-state index contributed by atoms with van der Waals surface area (Å²) in [4.78, 5) is 28.5. The number of halogens is 2. The lowest BCUT2D eigenvalue weighted by atomic mass is 10.1. The minimum absolute atomic E-state index is 0.0102. The molecule has 1 saturated heterocycles. The molecule has 0 atom stereocenters. The van der Waals surface area contributed by atoms with E-state index >= 15 is 0 Å². The lowest BCUT2D eigenvalue weighted by molar-refractivity contribution is -0.122. The Labute approximate surface area is 185 Å². The Kier molecular flexibility index (Phi) is 6.28. The summed E-state index contributed by atoms with van der Waals surface area (Å²) in [7, 11) is -3.82. The second-order valence-electron chi connectivity index (χ2n) is 8.07. The van der Waals surface area contributed by atoms with Gasteiger partial charge in [0.05, 0.1) is 22.2 Å². The van der Waals surface area contributed by atoms with Crippen LogP contribution in [-0.4, -0.2) is 74.8 Å². The van der Waals surface area contributed by atoms with Crippen LogP contribution in [0.25, 0.3) is 0 Å². The zero-order chi connectivity index (χ0) is 21.5. The molecule has 2 saturated carbocycles. The zero-order valence-corrected chi connectivity index (χ0v) is 18.7. The van der Waals surface area contributed by atoms with Gasteiger partial charge in [-0.25, -0.2) is 13.1 Å². The molecule has 11 heteroatoms. The van der Waals surface area contributed by atoms with Crippen LogP contribution in [0.4, 0.5) is 0 Å². The van der Waals surface area contributed by atoms with E-state index < -0.39 is 10.0 Å². The first-order valence-corrected chi connectivity index (χ1v) is 12.3. The van der Waals surface area contributed by atoms with Gasteiger partial charge in [0.1, 0.15) is 4.90 Å². The minimum atomic E-state index is -3.82. The predicted molar refractivity (Wildman–Crippen MR) is 113 cm³/mol. The number of piperazine rings is 1. The summed E-state index contributed by atoms with van der Waals surface area (Å²) in [6, 6.07) is 2.81. The second-order valence-corrected chi connectivity index (χ2v) is 10.6. The van der Waals surface area contributed by atoms with Gasteiger partial charge in [-0.05, 0) is 37.8 Å². The lowest BCUT2D eigenvalue weighted by Gasteiger charge is -2.34. The van der Waals surface area contributed by atoms with Crippen molar-refractivity contribution in [1.29, 1.82) is 0 Å². The van der Waals surface area contributed by atoms with Crippen LogP contribution in [0.2, 0.25) is 10.0 Å². The third kappa shape index (κ3) is 5.26. The molecule has 4 rings (SSSR count). The number of nitrogens with one attached hydrogen (secondary N) is 2. The van der Waals surface area contributed by atoms with E-state index in [0.29, 0.717) is 38.8 Å². The van der Waals surface area contributed by atoms with Gasteiger partial charge in [-0.1, -0.05) is 23.2 Å². The summed E-state index contributed by atoms with van der Waals surface area (Å²) >= 11 is 12.3. The van der Waals surface area contributed by atoms with Crippen molar-refractivity contribution < 1.29 is 18.0 Å². The lowest BCUT2D eigenvalue weighted by Crippen LogP contribution is -2.51. The molecule has 1 aromatic carbocycles. The van der Waals surface area contributed by atoms with Gasteiger partial charge < -0.3 is 10.2 Å². The highest BCUT2D eigenvalue weighted by atomic mass is 35.5. The van der Waals surface area contributed by atoms with Crippen LogP contribution >= 0.6 is 23.2 Å². The molecule has 1 aromatic rings. The van der Waals surface area contributed by atoms with E-state index in [9.17, 15) is 18.0 Å². The molecule has 164 valence electrons.